The van der Waals surface area contributed by atoms with Gasteiger partial charge < -0.3 is 15.0 Å². The molecule has 2 amide bonds. The van der Waals surface area contributed by atoms with Gasteiger partial charge in [0, 0.05) is 30.6 Å². The van der Waals surface area contributed by atoms with Crippen LogP contribution in [0.3, 0.4) is 0 Å². The average molecular weight is 441 g/mol. The van der Waals surface area contributed by atoms with Crippen molar-refractivity contribution in [1.82, 2.24) is 10.2 Å². The molecule has 1 aromatic carbocycles. The van der Waals surface area contributed by atoms with Crippen LogP contribution in [-0.4, -0.2) is 36.0 Å². The number of carbonyl (C=O) groups excluding carboxylic acids is 2. The second kappa shape index (κ2) is 7.60. The Kier molecular flexibility index (Phi) is 5.10. The highest BCUT2D eigenvalue weighted by molar-refractivity contribution is 5.89. The van der Waals surface area contributed by atoms with Crippen LogP contribution in [0.2, 0.25) is 0 Å². The van der Waals surface area contributed by atoms with Crippen molar-refractivity contribution in [2.24, 2.45) is 28.6 Å². The second-order valence-corrected chi connectivity index (χ2v) is 10.8. The number of amides is 2. The van der Waals surface area contributed by atoms with E-state index in [2.05, 4.69) is 25.2 Å². The van der Waals surface area contributed by atoms with Crippen LogP contribution in [0.25, 0.3) is 0 Å². The number of likely N-dealkylation sites (N-methyl/N-ethyl adjacent to an activating group) is 1. The van der Waals surface area contributed by atoms with E-state index in [0.29, 0.717) is 17.8 Å². The monoisotopic (exact) mass is 440 g/mol. The molecule has 0 aromatic heterocycles. The number of carbonyl (C=O) groups is 2. The summed E-state index contributed by atoms with van der Waals surface area (Å²) in [6.07, 6.45) is 9.84. The standard InChI is InChI=1S/C26H33FN2O3/c1-25-13-11-20-18(7-10-22-26(20,2)14-12-23(30)29(22)3)19(25)8-9-21(25)28-24(31)32-17-6-4-5-16(27)15-17/h4-6,12,14-15,18-22H,7-11,13H2,1-3H3,(H,28,31)/t18-,19-,20-,21-,22+,25-,26+/m0/s1. The van der Waals surface area contributed by atoms with E-state index in [9.17, 15) is 14.0 Å². The fraction of sp³-hybridized carbons (Fsp3) is 0.615. The molecule has 4 aliphatic rings. The smallest absolute Gasteiger partial charge is 0.410 e. The molecule has 7 atom stereocenters. The number of hydrogen-bond donors (Lipinski definition) is 1. The van der Waals surface area contributed by atoms with Gasteiger partial charge in [-0.25, -0.2) is 9.18 Å². The van der Waals surface area contributed by atoms with Crippen LogP contribution in [0, 0.1) is 34.4 Å². The number of nitrogens with zero attached hydrogens (tertiary/aromatic N) is 1. The molecule has 0 saturated heterocycles. The maximum absolute atomic E-state index is 13.4. The maximum atomic E-state index is 13.4. The van der Waals surface area contributed by atoms with Gasteiger partial charge in [-0.05, 0) is 79.9 Å². The Morgan fingerprint density at radius 1 is 1.16 bits per heavy atom. The van der Waals surface area contributed by atoms with Gasteiger partial charge in [0.2, 0.25) is 5.91 Å². The summed E-state index contributed by atoms with van der Waals surface area (Å²) < 4.78 is 18.8. The SMILES string of the molecule is CN1C(=O)C=C[C@]2(C)[C@H]3CC[C@]4(C)[C@@H](NC(=O)Oc5cccc(F)c5)CC[C@H]4[C@@H]3CC[C@@H]12. The zero-order valence-electron chi connectivity index (χ0n) is 19.1. The lowest BCUT2D eigenvalue weighted by Gasteiger charge is -2.60. The Balaban J connectivity index is 1.31. The van der Waals surface area contributed by atoms with E-state index in [4.69, 9.17) is 4.74 Å². The number of nitrogens with one attached hydrogen (secondary N) is 1. The van der Waals surface area contributed by atoms with Crippen LogP contribution in [0.15, 0.2) is 36.4 Å². The van der Waals surface area contributed by atoms with Crippen LogP contribution in [-0.2, 0) is 4.79 Å². The number of benzene rings is 1. The Morgan fingerprint density at radius 3 is 2.75 bits per heavy atom. The maximum Gasteiger partial charge on any atom is 0.412 e. The summed E-state index contributed by atoms with van der Waals surface area (Å²) in [6, 6.07) is 6.02. The Bertz CT molecular complexity index is 964. The van der Waals surface area contributed by atoms with Gasteiger partial charge in [-0.1, -0.05) is 26.0 Å². The van der Waals surface area contributed by atoms with Crippen LogP contribution in [0.5, 0.6) is 5.75 Å². The molecule has 0 bridgehead atoms. The Hall–Kier alpha value is -2.37. The summed E-state index contributed by atoms with van der Waals surface area (Å²) in [5.41, 5.74) is 0.0557. The molecule has 1 heterocycles. The van der Waals surface area contributed by atoms with Gasteiger partial charge in [0.25, 0.3) is 0 Å². The highest BCUT2D eigenvalue weighted by Gasteiger charge is 2.60. The quantitative estimate of drug-likeness (QED) is 0.710. The first kappa shape index (κ1) is 21.5. The van der Waals surface area contributed by atoms with E-state index in [1.54, 1.807) is 12.1 Å². The van der Waals surface area contributed by atoms with Crippen molar-refractivity contribution in [3.8, 4) is 5.75 Å². The molecule has 1 aromatic rings. The number of hydrogen-bond acceptors (Lipinski definition) is 3. The zero-order valence-corrected chi connectivity index (χ0v) is 19.1. The molecule has 1 N–H and O–H groups in total. The third kappa shape index (κ3) is 3.25. The Labute approximate surface area is 189 Å². The Morgan fingerprint density at radius 2 is 1.97 bits per heavy atom. The van der Waals surface area contributed by atoms with E-state index < -0.39 is 11.9 Å². The second-order valence-electron chi connectivity index (χ2n) is 10.8. The van der Waals surface area contributed by atoms with Gasteiger partial charge in [0.05, 0.1) is 0 Å². The minimum absolute atomic E-state index is 0.0226. The van der Waals surface area contributed by atoms with Gasteiger partial charge in [0.1, 0.15) is 11.6 Å². The summed E-state index contributed by atoms with van der Waals surface area (Å²) >= 11 is 0. The van der Waals surface area contributed by atoms with Crippen molar-refractivity contribution in [1.29, 1.82) is 0 Å². The van der Waals surface area contributed by atoms with Crippen molar-refractivity contribution in [3.63, 3.8) is 0 Å². The average Bonchev–Trinajstić information content (AvgIpc) is 3.07. The van der Waals surface area contributed by atoms with E-state index in [1.807, 2.05) is 11.9 Å². The van der Waals surface area contributed by atoms with E-state index in [1.165, 1.54) is 18.2 Å². The molecule has 5 rings (SSSR count). The molecule has 172 valence electrons. The molecule has 5 nitrogen and oxygen atoms in total. The topological polar surface area (TPSA) is 58.6 Å². The lowest BCUT2D eigenvalue weighted by atomic mass is 9.48. The largest absolute Gasteiger partial charge is 0.412 e. The predicted octanol–water partition coefficient (Wildman–Crippen LogP) is 4.92. The van der Waals surface area contributed by atoms with E-state index in [-0.39, 0.29) is 34.6 Å². The van der Waals surface area contributed by atoms with Gasteiger partial charge in [-0.15, -0.1) is 0 Å². The molecule has 6 heteroatoms. The van der Waals surface area contributed by atoms with Crippen LogP contribution < -0.4 is 10.1 Å². The number of ether oxygens (including phenoxy) is 1. The van der Waals surface area contributed by atoms with Gasteiger partial charge >= 0.3 is 6.09 Å². The fourth-order valence-electron chi connectivity index (χ4n) is 7.78. The van der Waals surface area contributed by atoms with Crippen LogP contribution in [0.4, 0.5) is 9.18 Å². The lowest BCUT2D eigenvalue weighted by Crippen LogP contribution is -2.60. The molecule has 0 unspecified atom stereocenters. The van der Waals surface area contributed by atoms with Gasteiger partial charge in [-0.2, -0.15) is 0 Å². The normalized spacial score (nSPS) is 40.3. The van der Waals surface area contributed by atoms with Crippen molar-refractivity contribution in [2.45, 2.75) is 64.5 Å². The van der Waals surface area contributed by atoms with Crippen molar-refractivity contribution < 1.29 is 18.7 Å². The minimum Gasteiger partial charge on any atom is -0.410 e. The third-order valence-corrected chi connectivity index (χ3v) is 9.43. The van der Waals surface area contributed by atoms with Gasteiger partial charge in [0.15, 0.2) is 0 Å². The lowest BCUT2D eigenvalue weighted by molar-refractivity contribution is -0.138. The summed E-state index contributed by atoms with van der Waals surface area (Å²) in [5, 5.41) is 3.11. The van der Waals surface area contributed by atoms with Crippen LogP contribution in [0.1, 0.15) is 52.4 Å². The highest BCUT2D eigenvalue weighted by atomic mass is 19.1. The first-order valence-electron chi connectivity index (χ1n) is 11.9. The summed E-state index contributed by atoms with van der Waals surface area (Å²) in [5.74, 6) is 1.63. The third-order valence-electron chi connectivity index (χ3n) is 9.43. The fourth-order valence-corrected chi connectivity index (χ4v) is 7.78. The molecule has 3 saturated carbocycles. The predicted molar refractivity (Wildman–Crippen MR) is 119 cm³/mol. The minimum atomic E-state index is -0.504. The molecule has 3 fully saturated rings. The number of rotatable bonds is 2. The highest BCUT2D eigenvalue weighted by Crippen LogP contribution is 2.63. The molecule has 0 spiro atoms. The molecular weight excluding hydrogens is 407 g/mol. The molecule has 32 heavy (non-hydrogen) atoms. The van der Waals surface area contributed by atoms with E-state index >= 15 is 0 Å². The summed E-state index contributed by atoms with van der Waals surface area (Å²) in [4.78, 5) is 26.8. The molecule has 0 radical (unpaired) electrons. The first-order valence-corrected chi connectivity index (χ1v) is 11.9. The zero-order chi connectivity index (χ0) is 22.7. The molecule has 3 aliphatic carbocycles. The number of fused-ring (bicyclic) bond motifs is 5. The summed E-state index contributed by atoms with van der Waals surface area (Å²) in [6.45, 7) is 4.67. The van der Waals surface area contributed by atoms with Crippen molar-refractivity contribution in [3.05, 3.63) is 42.2 Å². The van der Waals surface area contributed by atoms with Crippen molar-refractivity contribution in [2.75, 3.05) is 7.05 Å². The molecular formula is C26H33FN2O3. The van der Waals surface area contributed by atoms with E-state index in [0.717, 1.165) is 38.5 Å². The summed E-state index contributed by atoms with van der Waals surface area (Å²) in [7, 11) is 1.95. The van der Waals surface area contributed by atoms with Crippen LogP contribution >= 0.6 is 0 Å². The molecule has 1 aliphatic heterocycles. The van der Waals surface area contributed by atoms with Gasteiger partial charge in [-0.3, -0.25) is 4.79 Å². The first-order chi connectivity index (χ1) is 15.2. The van der Waals surface area contributed by atoms with Crippen molar-refractivity contribution >= 4 is 12.0 Å². The number of halogens is 1.